The summed E-state index contributed by atoms with van der Waals surface area (Å²) < 4.78 is 5.20. The largest absolute Gasteiger partial charge is 0.495 e. The van der Waals surface area contributed by atoms with Crippen molar-refractivity contribution in [3.8, 4) is 11.8 Å². The molecule has 0 aromatic heterocycles. The van der Waals surface area contributed by atoms with Crippen LogP contribution in [0.2, 0.25) is 0 Å². The van der Waals surface area contributed by atoms with Crippen LogP contribution in [0, 0.1) is 11.3 Å². The number of rotatable bonds is 3. The minimum atomic E-state index is 0.167. The Morgan fingerprint density at radius 1 is 1.37 bits per heavy atom. The van der Waals surface area contributed by atoms with Crippen LogP contribution in [0.3, 0.4) is 0 Å². The molecule has 0 spiro atoms. The summed E-state index contributed by atoms with van der Waals surface area (Å²) in [5.74, 6) is 0.635. The lowest BCUT2D eigenvalue weighted by molar-refractivity contribution is 0.237. The smallest absolute Gasteiger partial charge is 0.136 e. The normalized spacial score (nSPS) is 27.2. The molecule has 0 bridgehead atoms. The predicted octanol–water partition coefficient (Wildman–Crippen LogP) is 1.80. The van der Waals surface area contributed by atoms with E-state index in [0.29, 0.717) is 17.4 Å². The topological polar surface area (TPSA) is 62.3 Å². The van der Waals surface area contributed by atoms with E-state index in [1.807, 2.05) is 18.2 Å². The first kappa shape index (κ1) is 12.5. The molecule has 4 heteroatoms. The molecule has 2 atom stereocenters. The maximum atomic E-state index is 9.20. The van der Waals surface area contributed by atoms with Crippen LogP contribution in [0.25, 0.3) is 0 Å². The highest BCUT2D eigenvalue weighted by Gasteiger charge is 2.41. The number of hydrogen-bond donors (Lipinski definition) is 1. The van der Waals surface area contributed by atoms with E-state index in [-0.39, 0.29) is 12.1 Å². The summed E-state index contributed by atoms with van der Waals surface area (Å²) in [6.07, 6.45) is 3.60. The maximum Gasteiger partial charge on any atom is 0.136 e. The summed E-state index contributed by atoms with van der Waals surface area (Å²) in [5, 5.41) is 9.20. The lowest BCUT2D eigenvalue weighted by atomic mass is 9.98. The molecule has 1 saturated carbocycles. The van der Waals surface area contributed by atoms with Crippen molar-refractivity contribution in [1.29, 1.82) is 5.26 Å². The molecule has 100 valence electrons. The van der Waals surface area contributed by atoms with Crippen LogP contribution in [-0.4, -0.2) is 30.6 Å². The molecular formula is C15H19N3O. The number of benzene rings is 1. The Hall–Kier alpha value is -1.57. The van der Waals surface area contributed by atoms with Crippen LogP contribution >= 0.6 is 0 Å². The quantitative estimate of drug-likeness (QED) is 0.897. The van der Waals surface area contributed by atoms with E-state index in [4.69, 9.17) is 10.5 Å². The van der Waals surface area contributed by atoms with Gasteiger partial charge in [-0.1, -0.05) is 6.07 Å². The molecule has 0 amide bonds. The third-order valence-electron chi connectivity index (χ3n) is 4.18. The molecular weight excluding hydrogens is 238 g/mol. The van der Waals surface area contributed by atoms with Gasteiger partial charge in [-0.15, -0.1) is 0 Å². The van der Waals surface area contributed by atoms with Gasteiger partial charge in [-0.05, 0) is 37.0 Å². The summed E-state index contributed by atoms with van der Waals surface area (Å²) in [6, 6.07) is 9.18. The Balaban J connectivity index is 1.94. The minimum Gasteiger partial charge on any atom is -0.495 e. The monoisotopic (exact) mass is 257 g/mol. The third-order valence-corrected chi connectivity index (χ3v) is 4.18. The zero-order chi connectivity index (χ0) is 13.4. The van der Waals surface area contributed by atoms with Gasteiger partial charge in [0.1, 0.15) is 11.8 Å². The van der Waals surface area contributed by atoms with Crippen LogP contribution in [0.4, 0.5) is 0 Å². The number of hydrogen-bond acceptors (Lipinski definition) is 4. The Labute approximate surface area is 113 Å². The Kier molecular flexibility index (Phi) is 3.17. The van der Waals surface area contributed by atoms with Gasteiger partial charge in [0.15, 0.2) is 0 Å². The SMILES string of the molecule is COc1ccc(C2C(N)CCN2C2CC2)cc1C#N. The average Bonchev–Trinajstić information content (AvgIpc) is 3.21. The molecule has 2 unspecified atom stereocenters. The lowest BCUT2D eigenvalue weighted by Crippen LogP contribution is -2.33. The lowest BCUT2D eigenvalue weighted by Gasteiger charge is -2.27. The molecule has 1 aromatic carbocycles. The van der Waals surface area contributed by atoms with Crippen LogP contribution in [0.1, 0.15) is 36.4 Å². The first-order valence-corrected chi connectivity index (χ1v) is 6.84. The van der Waals surface area contributed by atoms with Crippen molar-refractivity contribution in [3.05, 3.63) is 29.3 Å². The molecule has 0 radical (unpaired) electrons. The van der Waals surface area contributed by atoms with Crippen molar-refractivity contribution in [2.45, 2.75) is 37.4 Å². The minimum absolute atomic E-state index is 0.167. The first-order chi connectivity index (χ1) is 9.24. The van der Waals surface area contributed by atoms with Gasteiger partial charge in [0.25, 0.3) is 0 Å². The van der Waals surface area contributed by atoms with Crippen molar-refractivity contribution in [3.63, 3.8) is 0 Å². The van der Waals surface area contributed by atoms with Crippen molar-refractivity contribution >= 4 is 0 Å². The molecule has 2 fully saturated rings. The van der Waals surface area contributed by atoms with E-state index in [0.717, 1.165) is 18.5 Å². The van der Waals surface area contributed by atoms with Gasteiger partial charge in [-0.2, -0.15) is 5.26 Å². The summed E-state index contributed by atoms with van der Waals surface area (Å²) in [7, 11) is 1.59. The van der Waals surface area contributed by atoms with E-state index >= 15 is 0 Å². The summed E-state index contributed by atoms with van der Waals surface area (Å²) in [5.41, 5.74) is 8.01. The second-order valence-electron chi connectivity index (χ2n) is 5.44. The fraction of sp³-hybridized carbons (Fsp3) is 0.533. The number of likely N-dealkylation sites (tertiary alicyclic amines) is 1. The first-order valence-electron chi connectivity index (χ1n) is 6.84. The highest BCUT2D eigenvalue weighted by Crippen LogP contribution is 2.41. The van der Waals surface area contributed by atoms with Gasteiger partial charge in [0.2, 0.25) is 0 Å². The molecule has 1 aromatic rings. The van der Waals surface area contributed by atoms with Crippen molar-refractivity contribution in [2.75, 3.05) is 13.7 Å². The molecule has 4 nitrogen and oxygen atoms in total. The summed E-state index contributed by atoms with van der Waals surface area (Å²) in [4.78, 5) is 2.51. The van der Waals surface area contributed by atoms with Crippen LogP contribution in [-0.2, 0) is 0 Å². The number of nitrogens with zero attached hydrogens (tertiary/aromatic N) is 2. The van der Waals surface area contributed by atoms with E-state index in [1.54, 1.807) is 7.11 Å². The van der Waals surface area contributed by atoms with Crippen molar-refractivity contribution < 1.29 is 4.74 Å². The van der Waals surface area contributed by atoms with Gasteiger partial charge in [0.05, 0.1) is 18.7 Å². The predicted molar refractivity (Wildman–Crippen MR) is 72.8 cm³/mol. The van der Waals surface area contributed by atoms with E-state index in [9.17, 15) is 5.26 Å². The zero-order valence-electron chi connectivity index (χ0n) is 11.2. The van der Waals surface area contributed by atoms with Crippen LogP contribution in [0.15, 0.2) is 18.2 Å². The fourth-order valence-electron chi connectivity index (χ4n) is 3.09. The molecule has 2 N–H and O–H groups in total. The fourth-order valence-corrected chi connectivity index (χ4v) is 3.09. The number of nitrogens with two attached hydrogens (primary N) is 1. The van der Waals surface area contributed by atoms with E-state index in [2.05, 4.69) is 11.0 Å². The van der Waals surface area contributed by atoms with Gasteiger partial charge in [0, 0.05) is 18.6 Å². The third kappa shape index (κ3) is 2.20. The van der Waals surface area contributed by atoms with Gasteiger partial charge in [-0.25, -0.2) is 0 Å². The molecule has 3 rings (SSSR count). The average molecular weight is 257 g/mol. The summed E-state index contributed by atoms with van der Waals surface area (Å²) >= 11 is 0. The van der Waals surface area contributed by atoms with Gasteiger partial charge < -0.3 is 10.5 Å². The molecule has 2 aliphatic rings. The highest BCUT2D eigenvalue weighted by molar-refractivity contribution is 5.46. The van der Waals surface area contributed by atoms with E-state index < -0.39 is 0 Å². The highest BCUT2D eigenvalue weighted by atomic mass is 16.5. The second-order valence-corrected chi connectivity index (χ2v) is 5.44. The van der Waals surface area contributed by atoms with Crippen molar-refractivity contribution in [2.24, 2.45) is 5.73 Å². The standard InChI is InChI=1S/C15H19N3O/c1-19-14-5-2-10(8-11(14)9-16)15-13(17)6-7-18(15)12-3-4-12/h2,5,8,12-13,15H,3-4,6-7,17H2,1H3. The van der Waals surface area contributed by atoms with E-state index in [1.165, 1.54) is 12.8 Å². The number of methoxy groups -OCH3 is 1. The maximum absolute atomic E-state index is 9.20. The molecule has 1 aliphatic heterocycles. The van der Waals surface area contributed by atoms with Crippen LogP contribution < -0.4 is 10.5 Å². The van der Waals surface area contributed by atoms with Gasteiger partial charge in [-0.3, -0.25) is 4.90 Å². The molecule has 1 aliphatic carbocycles. The molecule has 1 saturated heterocycles. The summed E-state index contributed by atoms with van der Waals surface area (Å²) in [6.45, 7) is 1.07. The van der Waals surface area contributed by atoms with Gasteiger partial charge >= 0.3 is 0 Å². The molecule has 1 heterocycles. The zero-order valence-corrected chi connectivity index (χ0v) is 11.2. The second kappa shape index (κ2) is 4.84. The number of ether oxygens (including phenoxy) is 1. The van der Waals surface area contributed by atoms with Crippen molar-refractivity contribution in [1.82, 2.24) is 4.90 Å². The van der Waals surface area contributed by atoms with Crippen LogP contribution in [0.5, 0.6) is 5.75 Å². The Bertz CT molecular complexity index is 519. The Morgan fingerprint density at radius 2 is 2.16 bits per heavy atom. The molecule has 19 heavy (non-hydrogen) atoms. The Morgan fingerprint density at radius 3 is 2.79 bits per heavy atom. The number of nitriles is 1.